The summed E-state index contributed by atoms with van der Waals surface area (Å²) in [7, 11) is 1.75. The number of halogens is 1. The van der Waals surface area contributed by atoms with Crippen LogP contribution in [0.2, 0.25) is 0 Å². The second kappa shape index (κ2) is 8.51. The molecule has 90 valence electrons. The van der Waals surface area contributed by atoms with Gasteiger partial charge in [0, 0.05) is 24.7 Å². The summed E-state index contributed by atoms with van der Waals surface area (Å²) in [5, 5.41) is 7.38. The molecule has 6 heteroatoms. The molecule has 0 fully saturated rings. The van der Waals surface area contributed by atoms with Gasteiger partial charge in [-0.3, -0.25) is 4.99 Å². The normalized spacial score (nSPS) is 10.5. The highest BCUT2D eigenvalue weighted by atomic mass is 127. The number of rotatable bonds is 4. The Morgan fingerprint density at radius 2 is 2.38 bits per heavy atom. The Labute approximate surface area is 117 Å². The minimum atomic E-state index is 0. The Hall–Kier alpha value is -0.630. The molecule has 0 aromatic carbocycles. The third-order valence-corrected chi connectivity index (χ3v) is 2.65. The Morgan fingerprint density at radius 1 is 1.62 bits per heavy atom. The van der Waals surface area contributed by atoms with Crippen molar-refractivity contribution in [2.75, 3.05) is 13.6 Å². The van der Waals surface area contributed by atoms with Crippen molar-refractivity contribution in [2.24, 2.45) is 4.99 Å². The number of guanidine groups is 1. The van der Waals surface area contributed by atoms with E-state index in [2.05, 4.69) is 27.2 Å². The van der Waals surface area contributed by atoms with E-state index in [0.717, 1.165) is 17.5 Å². The molecule has 1 aromatic heterocycles. The molecule has 4 nitrogen and oxygen atoms in total. The zero-order valence-electron chi connectivity index (χ0n) is 9.49. The molecule has 0 spiro atoms. The molecular formula is C10H17IN4S. The van der Waals surface area contributed by atoms with E-state index < -0.39 is 0 Å². The molecule has 1 heterocycles. The third kappa shape index (κ3) is 5.45. The van der Waals surface area contributed by atoms with E-state index in [-0.39, 0.29) is 24.0 Å². The van der Waals surface area contributed by atoms with Crippen LogP contribution in [0.1, 0.15) is 9.88 Å². The molecule has 1 aromatic rings. The molecule has 0 aliphatic heterocycles. The first-order valence-electron chi connectivity index (χ1n) is 4.73. The van der Waals surface area contributed by atoms with Crippen LogP contribution in [0.4, 0.5) is 0 Å². The molecule has 0 atom stereocenters. The highest BCUT2D eigenvalue weighted by molar-refractivity contribution is 14.0. The second-order valence-corrected chi connectivity index (χ2v) is 4.26. The molecule has 2 N–H and O–H groups in total. The van der Waals surface area contributed by atoms with E-state index in [0.29, 0.717) is 6.54 Å². The minimum Gasteiger partial charge on any atom is -0.353 e. The van der Waals surface area contributed by atoms with Gasteiger partial charge in [-0.05, 0) is 6.92 Å². The predicted molar refractivity (Wildman–Crippen MR) is 80.7 cm³/mol. The Kier molecular flexibility index (Phi) is 8.18. The number of aryl methyl sites for hydroxylation is 1. The standard InChI is InChI=1S/C10H16N4S.HI/c1-4-5-12-10(11-3)14-7-9-6-13-8(2)15-9;/h4,6H,1,5,7H2,2-3H3,(H2,11,12,14);1H. The van der Waals surface area contributed by atoms with E-state index in [4.69, 9.17) is 0 Å². The van der Waals surface area contributed by atoms with Crippen molar-refractivity contribution >= 4 is 41.3 Å². The van der Waals surface area contributed by atoms with Crippen LogP contribution in [-0.4, -0.2) is 24.5 Å². The number of hydrogen-bond donors (Lipinski definition) is 2. The van der Waals surface area contributed by atoms with E-state index in [1.807, 2.05) is 13.1 Å². The van der Waals surface area contributed by atoms with Crippen LogP contribution >= 0.6 is 35.3 Å². The van der Waals surface area contributed by atoms with E-state index in [1.165, 1.54) is 4.88 Å². The highest BCUT2D eigenvalue weighted by Crippen LogP contribution is 2.10. The first-order valence-corrected chi connectivity index (χ1v) is 5.54. The number of nitrogens with zero attached hydrogens (tertiary/aromatic N) is 2. The molecule has 0 aliphatic rings. The number of nitrogens with one attached hydrogen (secondary N) is 2. The average Bonchev–Trinajstić information content (AvgIpc) is 2.65. The third-order valence-electron chi connectivity index (χ3n) is 1.74. The van der Waals surface area contributed by atoms with Crippen molar-refractivity contribution in [3.05, 3.63) is 28.7 Å². The fourth-order valence-electron chi connectivity index (χ4n) is 1.05. The highest BCUT2D eigenvalue weighted by Gasteiger charge is 1.99. The summed E-state index contributed by atoms with van der Waals surface area (Å²) < 4.78 is 0. The molecule has 0 saturated carbocycles. The molecule has 0 radical (unpaired) electrons. The van der Waals surface area contributed by atoms with Crippen LogP contribution in [0.25, 0.3) is 0 Å². The fraction of sp³-hybridized carbons (Fsp3) is 0.400. The fourth-order valence-corrected chi connectivity index (χ4v) is 1.78. The Bertz CT molecular complexity index is 348. The Morgan fingerprint density at radius 3 is 2.88 bits per heavy atom. The molecule has 0 bridgehead atoms. The van der Waals surface area contributed by atoms with Crippen LogP contribution in [0.5, 0.6) is 0 Å². The van der Waals surface area contributed by atoms with Gasteiger partial charge in [0.2, 0.25) is 0 Å². The SMILES string of the molecule is C=CCNC(=NC)NCc1cnc(C)s1.I. The van der Waals surface area contributed by atoms with Crippen LogP contribution in [0.15, 0.2) is 23.8 Å². The van der Waals surface area contributed by atoms with Crippen LogP contribution in [0.3, 0.4) is 0 Å². The molecule has 0 unspecified atom stereocenters. The van der Waals surface area contributed by atoms with E-state index in [9.17, 15) is 0 Å². The van der Waals surface area contributed by atoms with Gasteiger partial charge in [0.1, 0.15) is 0 Å². The van der Waals surface area contributed by atoms with Crippen molar-refractivity contribution in [3.8, 4) is 0 Å². The molecule has 1 rings (SSSR count). The van der Waals surface area contributed by atoms with Gasteiger partial charge in [-0.1, -0.05) is 6.08 Å². The van der Waals surface area contributed by atoms with Crippen molar-refractivity contribution in [1.29, 1.82) is 0 Å². The first kappa shape index (κ1) is 15.4. The van der Waals surface area contributed by atoms with Crippen LogP contribution < -0.4 is 10.6 Å². The topological polar surface area (TPSA) is 49.3 Å². The smallest absolute Gasteiger partial charge is 0.191 e. The van der Waals surface area contributed by atoms with Crippen LogP contribution in [0, 0.1) is 6.92 Å². The average molecular weight is 352 g/mol. The summed E-state index contributed by atoms with van der Waals surface area (Å²) in [6, 6.07) is 0. The lowest BCUT2D eigenvalue weighted by Crippen LogP contribution is -2.36. The van der Waals surface area contributed by atoms with Crippen molar-refractivity contribution in [2.45, 2.75) is 13.5 Å². The van der Waals surface area contributed by atoms with Gasteiger partial charge in [-0.25, -0.2) is 4.98 Å². The summed E-state index contributed by atoms with van der Waals surface area (Å²) in [5.41, 5.74) is 0. The number of aromatic nitrogens is 1. The van der Waals surface area contributed by atoms with Gasteiger partial charge in [-0.15, -0.1) is 41.9 Å². The maximum atomic E-state index is 4.18. The maximum absolute atomic E-state index is 4.18. The van der Waals surface area contributed by atoms with Gasteiger partial charge in [0.15, 0.2) is 5.96 Å². The lowest BCUT2D eigenvalue weighted by molar-refractivity contribution is 0.856. The predicted octanol–water partition coefficient (Wildman–Crippen LogP) is 1.92. The second-order valence-electron chi connectivity index (χ2n) is 2.94. The lowest BCUT2D eigenvalue weighted by Gasteiger charge is -2.08. The molecule has 16 heavy (non-hydrogen) atoms. The van der Waals surface area contributed by atoms with E-state index in [1.54, 1.807) is 24.5 Å². The minimum absolute atomic E-state index is 0. The molecule has 0 saturated heterocycles. The number of thiazole rings is 1. The Balaban J connectivity index is 0.00000225. The van der Waals surface area contributed by atoms with Gasteiger partial charge in [0.05, 0.1) is 11.6 Å². The van der Waals surface area contributed by atoms with Gasteiger partial charge < -0.3 is 10.6 Å². The lowest BCUT2D eigenvalue weighted by atomic mass is 10.5. The number of hydrogen-bond acceptors (Lipinski definition) is 3. The van der Waals surface area contributed by atoms with Gasteiger partial charge in [-0.2, -0.15) is 0 Å². The van der Waals surface area contributed by atoms with Crippen molar-refractivity contribution < 1.29 is 0 Å². The summed E-state index contributed by atoms with van der Waals surface area (Å²) in [4.78, 5) is 9.47. The molecule has 0 aliphatic carbocycles. The van der Waals surface area contributed by atoms with Crippen molar-refractivity contribution in [1.82, 2.24) is 15.6 Å². The van der Waals surface area contributed by atoms with Crippen molar-refractivity contribution in [3.63, 3.8) is 0 Å². The quantitative estimate of drug-likeness (QED) is 0.377. The van der Waals surface area contributed by atoms with E-state index >= 15 is 0 Å². The van der Waals surface area contributed by atoms with Gasteiger partial charge in [0.25, 0.3) is 0 Å². The van der Waals surface area contributed by atoms with Crippen LogP contribution in [-0.2, 0) is 6.54 Å². The first-order chi connectivity index (χ1) is 7.26. The maximum Gasteiger partial charge on any atom is 0.191 e. The summed E-state index contributed by atoms with van der Waals surface area (Å²) in [5.74, 6) is 0.779. The molecule has 0 amide bonds. The summed E-state index contributed by atoms with van der Waals surface area (Å²) in [6.45, 7) is 7.10. The zero-order valence-corrected chi connectivity index (χ0v) is 12.6. The molecular weight excluding hydrogens is 335 g/mol. The summed E-state index contributed by atoms with van der Waals surface area (Å²) in [6.07, 6.45) is 3.68. The van der Waals surface area contributed by atoms with Gasteiger partial charge >= 0.3 is 0 Å². The monoisotopic (exact) mass is 352 g/mol. The zero-order chi connectivity index (χ0) is 11.1. The number of aliphatic imine (C=N–C) groups is 1. The largest absolute Gasteiger partial charge is 0.353 e. The summed E-state index contributed by atoms with van der Waals surface area (Å²) >= 11 is 1.69.